The van der Waals surface area contributed by atoms with Crippen molar-refractivity contribution in [1.29, 1.82) is 5.26 Å². The van der Waals surface area contributed by atoms with Crippen molar-refractivity contribution in [3.63, 3.8) is 0 Å². The molecule has 4 aromatic rings. The smallest absolute Gasteiger partial charge is 0.367 e. The molecule has 0 bridgehead atoms. The second-order valence-corrected chi connectivity index (χ2v) is 16.5. The highest BCUT2D eigenvalue weighted by Gasteiger charge is 2.50. The average molecular weight is 757 g/mol. The van der Waals surface area contributed by atoms with Gasteiger partial charge in [0.1, 0.15) is 34.8 Å². The summed E-state index contributed by atoms with van der Waals surface area (Å²) >= 11 is 1.02. The van der Waals surface area contributed by atoms with E-state index in [9.17, 15) is 40.0 Å². The number of thiophene rings is 1. The molecule has 0 spiro atoms. The predicted molar refractivity (Wildman–Crippen MR) is 183 cm³/mol. The molecule has 6 rings (SSSR count). The Labute approximate surface area is 295 Å². The molecule has 1 N–H and O–H groups in total. The molecule has 1 aromatic carbocycles. The first-order valence-electron chi connectivity index (χ1n) is 16.5. The van der Waals surface area contributed by atoms with Crippen molar-refractivity contribution >= 4 is 48.3 Å². The van der Waals surface area contributed by atoms with Crippen LogP contribution in [0.1, 0.15) is 41.5 Å². The molecule has 51 heavy (non-hydrogen) atoms. The highest BCUT2D eigenvalue weighted by atomic mass is 32.2. The van der Waals surface area contributed by atoms with E-state index in [0.717, 1.165) is 65.6 Å². The number of benzene rings is 1. The van der Waals surface area contributed by atoms with Gasteiger partial charge in [0, 0.05) is 73.7 Å². The van der Waals surface area contributed by atoms with Crippen LogP contribution in [0.4, 0.5) is 32.2 Å². The average Bonchev–Trinajstić information content (AvgIpc) is 3.62. The van der Waals surface area contributed by atoms with Crippen molar-refractivity contribution in [3.05, 3.63) is 52.3 Å². The van der Waals surface area contributed by atoms with Crippen LogP contribution in [0.3, 0.4) is 0 Å². The van der Waals surface area contributed by atoms with Crippen LogP contribution in [-0.4, -0.2) is 107 Å². The van der Waals surface area contributed by atoms with Gasteiger partial charge in [0.25, 0.3) is 0 Å². The molecule has 2 saturated heterocycles. The Morgan fingerprint density at radius 3 is 2.43 bits per heavy atom. The summed E-state index contributed by atoms with van der Waals surface area (Å²) in [6.07, 6.45) is -6.27. The van der Waals surface area contributed by atoms with Gasteiger partial charge in [0.15, 0.2) is 0 Å². The topological polar surface area (TPSA) is 110 Å². The maximum atomic E-state index is 13.9. The summed E-state index contributed by atoms with van der Waals surface area (Å²) in [6.45, 7) is 5.63. The highest BCUT2D eigenvalue weighted by Crippen LogP contribution is 2.34. The number of likely N-dealkylation sites (tertiary alicyclic amines) is 1. The van der Waals surface area contributed by atoms with E-state index in [0.29, 0.717) is 32.6 Å². The molecule has 0 aliphatic carbocycles. The number of sulfonamides is 1. The van der Waals surface area contributed by atoms with Gasteiger partial charge in [-0.2, -0.15) is 35.9 Å². The zero-order chi connectivity index (χ0) is 36.9. The molecule has 5 heterocycles. The van der Waals surface area contributed by atoms with Gasteiger partial charge in [-0.3, -0.25) is 9.80 Å². The Morgan fingerprint density at radius 2 is 1.78 bits per heavy atom. The zero-order valence-electron chi connectivity index (χ0n) is 28.2. The summed E-state index contributed by atoms with van der Waals surface area (Å²) in [5.74, 6) is 0.535. The minimum atomic E-state index is -4.72. The molecular formula is C33H38F6N8O2S2. The maximum Gasteiger partial charge on any atom is 0.406 e. The van der Waals surface area contributed by atoms with E-state index in [2.05, 4.69) is 26.3 Å². The highest BCUT2D eigenvalue weighted by molar-refractivity contribution is 7.88. The third-order valence-corrected chi connectivity index (χ3v) is 12.2. The number of piperidine rings is 1. The fourth-order valence-electron chi connectivity index (χ4n) is 7.19. The number of piperazine rings is 1. The third kappa shape index (κ3) is 8.27. The Bertz CT molecular complexity index is 2050. The van der Waals surface area contributed by atoms with E-state index in [1.165, 1.54) is 12.4 Å². The molecule has 0 radical (unpaired) electrons. The summed E-state index contributed by atoms with van der Waals surface area (Å²) < 4.78 is 107. The first-order chi connectivity index (χ1) is 23.9. The lowest BCUT2D eigenvalue weighted by Gasteiger charge is -2.43. The van der Waals surface area contributed by atoms with E-state index in [4.69, 9.17) is 0 Å². The second kappa shape index (κ2) is 14.1. The summed E-state index contributed by atoms with van der Waals surface area (Å²) in [7, 11) is -4.05. The Morgan fingerprint density at radius 1 is 1.06 bits per heavy atom. The number of halogens is 6. The van der Waals surface area contributed by atoms with Crippen LogP contribution in [0.25, 0.3) is 21.1 Å². The van der Waals surface area contributed by atoms with Crippen LogP contribution < -0.4 is 5.32 Å². The van der Waals surface area contributed by atoms with Gasteiger partial charge in [-0.05, 0) is 56.0 Å². The van der Waals surface area contributed by atoms with E-state index in [1.807, 2.05) is 29.7 Å². The Kier molecular flexibility index (Phi) is 10.3. The van der Waals surface area contributed by atoms with Crippen molar-refractivity contribution in [2.45, 2.75) is 76.7 Å². The van der Waals surface area contributed by atoms with Crippen LogP contribution >= 0.6 is 11.3 Å². The molecule has 2 fully saturated rings. The molecule has 18 heteroatoms. The minimum Gasteiger partial charge on any atom is -0.367 e. The number of nitriles is 1. The van der Waals surface area contributed by atoms with Gasteiger partial charge in [-0.15, -0.1) is 11.3 Å². The molecule has 10 nitrogen and oxygen atoms in total. The lowest BCUT2D eigenvalue weighted by Crippen LogP contribution is -2.62. The molecule has 2 aliphatic rings. The molecule has 0 saturated carbocycles. The number of hydrogen-bond acceptors (Lipinski definition) is 9. The number of anilines is 1. The maximum absolute atomic E-state index is 13.9. The zero-order valence-corrected chi connectivity index (χ0v) is 29.9. The fraction of sp³-hybridized carbons (Fsp3) is 0.545. The van der Waals surface area contributed by atoms with Gasteiger partial charge in [0.05, 0.1) is 18.1 Å². The van der Waals surface area contributed by atoms with Gasteiger partial charge < -0.3 is 9.88 Å². The number of hydrogen-bond donors (Lipinski definition) is 1. The second-order valence-electron chi connectivity index (χ2n) is 13.5. The van der Waals surface area contributed by atoms with Gasteiger partial charge in [-0.25, -0.2) is 18.4 Å². The van der Waals surface area contributed by atoms with Crippen LogP contribution in [0, 0.1) is 18.3 Å². The van der Waals surface area contributed by atoms with E-state index in [-0.39, 0.29) is 30.6 Å². The third-order valence-electron chi connectivity index (χ3n) is 9.90. The van der Waals surface area contributed by atoms with Crippen LogP contribution in [0.2, 0.25) is 0 Å². The Balaban J connectivity index is 1.11. The van der Waals surface area contributed by atoms with Crippen LogP contribution in [-0.2, 0) is 29.5 Å². The lowest BCUT2D eigenvalue weighted by atomic mass is 10.0. The van der Waals surface area contributed by atoms with E-state index < -0.39 is 47.4 Å². The summed E-state index contributed by atoms with van der Waals surface area (Å²) in [6, 6.07) is 7.04. The van der Waals surface area contributed by atoms with E-state index >= 15 is 0 Å². The Hall–Kier alpha value is -3.50. The van der Waals surface area contributed by atoms with Crippen molar-refractivity contribution < 1.29 is 34.8 Å². The number of alkyl halides is 6. The van der Waals surface area contributed by atoms with Crippen molar-refractivity contribution in [3.8, 4) is 6.07 Å². The minimum absolute atomic E-state index is 0.0869. The number of nitrogens with one attached hydrogen (secondary N) is 1. The number of rotatable bonds is 9. The number of fused-ring (bicyclic) bond motifs is 2. The van der Waals surface area contributed by atoms with E-state index in [1.54, 1.807) is 11.8 Å². The largest absolute Gasteiger partial charge is 0.406 e. The van der Waals surface area contributed by atoms with Crippen LogP contribution in [0.15, 0.2) is 30.6 Å². The molecule has 0 amide bonds. The van der Waals surface area contributed by atoms with Crippen molar-refractivity contribution in [1.82, 2.24) is 28.6 Å². The lowest BCUT2D eigenvalue weighted by molar-refractivity contribution is -0.184. The summed E-state index contributed by atoms with van der Waals surface area (Å²) in [4.78, 5) is 13.1. The van der Waals surface area contributed by atoms with Gasteiger partial charge in [0.2, 0.25) is 10.0 Å². The summed E-state index contributed by atoms with van der Waals surface area (Å²) in [5, 5.41) is 14.9. The molecular weight excluding hydrogens is 719 g/mol. The fourth-order valence-corrected chi connectivity index (χ4v) is 9.28. The van der Waals surface area contributed by atoms with Gasteiger partial charge >= 0.3 is 12.4 Å². The first kappa shape index (κ1) is 37.3. The normalized spacial score (nSPS) is 19.9. The van der Waals surface area contributed by atoms with Crippen molar-refractivity contribution in [2.75, 3.05) is 44.3 Å². The predicted octanol–water partition coefficient (Wildman–Crippen LogP) is 5.90. The quantitative estimate of drug-likeness (QED) is 0.210. The number of aryl methyl sites for hydroxylation is 1. The molecule has 2 atom stereocenters. The van der Waals surface area contributed by atoms with Crippen LogP contribution in [0.5, 0.6) is 0 Å². The van der Waals surface area contributed by atoms with Crippen molar-refractivity contribution in [2.24, 2.45) is 0 Å². The summed E-state index contributed by atoms with van der Waals surface area (Å²) in [5.41, 5.74) is 3.28. The monoisotopic (exact) mass is 756 g/mol. The SMILES string of the molecule is Cc1c(CN2CCC(Nc3ncnc4sc(CC(F)(F)F)cc34)CC2)ccc2c1cc(C#N)n2CC(C)N1CCN(S(C)(=O)=O)C(C(F)(F)F)C1. The number of aromatic nitrogens is 3. The molecule has 3 aromatic heterocycles. The molecule has 276 valence electrons. The first-order valence-corrected chi connectivity index (χ1v) is 19.2. The molecule has 2 aliphatic heterocycles. The standard InChI is InChI=1S/C33H38F6N8O2S2/c1-20(45-10-11-47(51(3,48)49)29(18-45)33(37,38)39)16-46-24(15-40)12-26-21(2)22(4-5-28(26)46)17-44-8-6-23(7-9-44)43-30-27-13-25(14-32(34,35)36)50-31(27)42-19-41-30/h4-5,12-13,19-20,23,29H,6-11,14,16-18H2,1-3H3,(H,41,42,43). The number of nitrogens with zero attached hydrogens (tertiary/aromatic N) is 7. The van der Waals surface area contributed by atoms with Gasteiger partial charge in [-0.1, -0.05) is 6.07 Å². The molecule has 2 unspecified atom stereocenters.